The topological polar surface area (TPSA) is 66.8 Å². The largest absolute Gasteiger partial charge is 0.507 e. The lowest BCUT2D eigenvalue weighted by Crippen LogP contribution is -2.31. The number of Topliss-reactive ketones (excluding diaryl/α,β-unsaturated/α-hetero) is 1. The molecule has 0 aromatic heterocycles. The molecule has 0 aliphatic carbocycles. The van der Waals surface area contributed by atoms with E-state index >= 15 is 0 Å². The van der Waals surface area contributed by atoms with Crippen LogP contribution in [0.25, 0.3) is 5.76 Å². The zero-order chi connectivity index (χ0) is 24.9. The third kappa shape index (κ3) is 5.38. The highest BCUT2D eigenvalue weighted by Gasteiger charge is 2.45. The van der Waals surface area contributed by atoms with Gasteiger partial charge in [0, 0.05) is 17.1 Å². The maximum absolute atomic E-state index is 13.3. The van der Waals surface area contributed by atoms with E-state index in [2.05, 4.69) is 0 Å². The molecule has 0 bridgehead atoms. The van der Waals surface area contributed by atoms with Gasteiger partial charge in [-0.25, -0.2) is 4.39 Å². The summed E-state index contributed by atoms with van der Waals surface area (Å²) in [7, 11) is 0. The molecule has 1 saturated heterocycles. The van der Waals surface area contributed by atoms with E-state index in [1.165, 1.54) is 17.0 Å². The van der Waals surface area contributed by atoms with Gasteiger partial charge in [-0.1, -0.05) is 54.9 Å². The van der Waals surface area contributed by atoms with Crippen molar-refractivity contribution in [2.75, 3.05) is 13.2 Å². The monoisotopic (exact) mass is 493 g/mol. The Kier molecular flexibility index (Phi) is 7.51. The van der Waals surface area contributed by atoms with Gasteiger partial charge in [-0.3, -0.25) is 9.59 Å². The number of rotatable bonds is 8. The van der Waals surface area contributed by atoms with Crippen molar-refractivity contribution < 1.29 is 23.8 Å². The molecular formula is C28H25ClFNO4. The van der Waals surface area contributed by atoms with E-state index in [-0.39, 0.29) is 23.7 Å². The van der Waals surface area contributed by atoms with Crippen LogP contribution < -0.4 is 4.74 Å². The van der Waals surface area contributed by atoms with Crippen LogP contribution in [0.1, 0.15) is 36.1 Å². The van der Waals surface area contributed by atoms with E-state index in [1.54, 1.807) is 60.7 Å². The molecule has 35 heavy (non-hydrogen) atoms. The summed E-state index contributed by atoms with van der Waals surface area (Å²) in [6.07, 6.45) is 1.24. The van der Waals surface area contributed by atoms with Gasteiger partial charge in [-0.05, 0) is 60.4 Å². The second kappa shape index (κ2) is 10.7. The molecular weight excluding hydrogens is 469 g/mol. The summed E-state index contributed by atoms with van der Waals surface area (Å²) in [4.78, 5) is 27.7. The maximum Gasteiger partial charge on any atom is 0.295 e. The van der Waals surface area contributed by atoms with Gasteiger partial charge in [-0.2, -0.15) is 0 Å². The first kappa shape index (κ1) is 24.5. The Balaban J connectivity index is 1.74. The van der Waals surface area contributed by atoms with Crippen LogP contribution in [0.3, 0.4) is 0 Å². The third-order valence-corrected chi connectivity index (χ3v) is 6.11. The Morgan fingerprint density at radius 3 is 2.46 bits per heavy atom. The fourth-order valence-electron chi connectivity index (χ4n) is 4.11. The summed E-state index contributed by atoms with van der Waals surface area (Å²) in [6.45, 7) is 2.71. The van der Waals surface area contributed by atoms with E-state index in [9.17, 15) is 19.1 Å². The van der Waals surface area contributed by atoms with Crippen LogP contribution in [-0.4, -0.2) is 34.8 Å². The molecule has 1 unspecified atom stereocenters. The molecule has 1 atom stereocenters. The lowest BCUT2D eigenvalue weighted by Gasteiger charge is -2.25. The molecule has 0 spiro atoms. The van der Waals surface area contributed by atoms with Crippen LogP contribution in [0, 0.1) is 5.82 Å². The second-order valence-corrected chi connectivity index (χ2v) is 8.73. The fraction of sp³-hybridized carbons (Fsp3) is 0.214. The first-order valence-corrected chi connectivity index (χ1v) is 11.8. The van der Waals surface area contributed by atoms with Crippen LogP contribution >= 0.6 is 11.6 Å². The highest BCUT2D eigenvalue weighted by atomic mass is 35.5. The number of carbonyl (C=O) groups is 2. The van der Waals surface area contributed by atoms with Gasteiger partial charge in [-0.15, -0.1) is 0 Å². The summed E-state index contributed by atoms with van der Waals surface area (Å²) < 4.78 is 19.0. The number of likely N-dealkylation sites (tertiary alicyclic amines) is 1. The lowest BCUT2D eigenvalue weighted by molar-refractivity contribution is -0.139. The van der Waals surface area contributed by atoms with Crippen LogP contribution in [0.2, 0.25) is 5.02 Å². The van der Waals surface area contributed by atoms with Gasteiger partial charge in [0.2, 0.25) is 0 Å². The van der Waals surface area contributed by atoms with Gasteiger partial charge >= 0.3 is 0 Å². The fourth-order valence-corrected chi connectivity index (χ4v) is 4.24. The maximum atomic E-state index is 13.3. The van der Waals surface area contributed by atoms with E-state index in [4.69, 9.17) is 16.3 Å². The first-order valence-electron chi connectivity index (χ1n) is 11.4. The number of nitrogens with zero attached hydrogens (tertiary/aromatic N) is 1. The van der Waals surface area contributed by atoms with Crippen molar-refractivity contribution in [2.45, 2.75) is 25.8 Å². The quantitative estimate of drug-likeness (QED) is 0.240. The normalized spacial score (nSPS) is 17.1. The number of halogens is 2. The van der Waals surface area contributed by atoms with E-state index in [0.29, 0.717) is 34.9 Å². The van der Waals surface area contributed by atoms with E-state index in [0.717, 1.165) is 12.0 Å². The predicted octanol–water partition coefficient (Wildman–Crippen LogP) is 5.93. The van der Waals surface area contributed by atoms with E-state index < -0.39 is 17.7 Å². The zero-order valence-electron chi connectivity index (χ0n) is 19.2. The Labute approximate surface area is 208 Å². The average molecular weight is 494 g/mol. The highest BCUT2D eigenvalue weighted by Crippen LogP contribution is 2.40. The average Bonchev–Trinajstić information content (AvgIpc) is 3.12. The minimum Gasteiger partial charge on any atom is -0.507 e. The van der Waals surface area contributed by atoms with Gasteiger partial charge in [0.25, 0.3) is 11.7 Å². The number of carbonyl (C=O) groups excluding carboxylic acids is 2. The molecule has 3 aromatic rings. The molecule has 5 nitrogen and oxygen atoms in total. The van der Waals surface area contributed by atoms with Gasteiger partial charge in [0.1, 0.15) is 17.3 Å². The number of aliphatic hydroxyl groups excluding tert-OH is 1. The zero-order valence-corrected chi connectivity index (χ0v) is 20.0. The molecule has 3 aromatic carbocycles. The van der Waals surface area contributed by atoms with Crippen LogP contribution in [0.4, 0.5) is 4.39 Å². The molecule has 1 aliphatic heterocycles. The number of ether oxygens (including phenoxy) is 1. The van der Waals surface area contributed by atoms with Gasteiger partial charge in [0.15, 0.2) is 0 Å². The van der Waals surface area contributed by atoms with E-state index in [1.807, 2.05) is 6.92 Å². The smallest absolute Gasteiger partial charge is 0.295 e. The van der Waals surface area contributed by atoms with Crippen molar-refractivity contribution >= 4 is 29.1 Å². The van der Waals surface area contributed by atoms with Gasteiger partial charge < -0.3 is 14.7 Å². The molecule has 7 heteroatoms. The Morgan fingerprint density at radius 1 is 1.06 bits per heavy atom. The second-order valence-electron chi connectivity index (χ2n) is 8.30. The SMILES string of the molecule is CCCOc1cccc(/C(O)=C2/C(=O)C(=O)N(CCc3ccc(F)cc3)C2c2ccc(Cl)cc2)c1. The summed E-state index contributed by atoms with van der Waals surface area (Å²) >= 11 is 6.07. The number of benzene rings is 3. The third-order valence-electron chi connectivity index (χ3n) is 5.86. The number of amides is 1. The summed E-state index contributed by atoms with van der Waals surface area (Å²) in [5, 5.41) is 11.7. The van der Waals surface area contributed by atoms with Crippen molar-refractivity contribution in [1.29, 1.82) is 0 Å². The standard InChI is InChI=1S/C28H25ClFNO4/c1-2-16-35-23-5-3-4-20(17-23)26(32)24-25(19-8-10-21(29)11-9-19)31(28(34)27(24)33)15-14-18-6-12-22(30)13-7-18/h3-13,17,25,32H,2,14-16H2,1H3/b26-24-. The molecule has 1 aliphatic rings. The molecule has 1 fully saturated rings. The Hall–Kier alpha value is -3.64. The van der Waals surface area contributed by atoms with Crippen molar-refractivity contribution in [3.05, 3.63) is 106 Å². The van der Waals surface area contributed by atoms with Crippen molar-refractivity contribution in [3.8, 4) is 5.75 Å². The number of hydrogen-bond donors (Lipinski definition) is 1. The number of ketones is 1. The van der Waals surface area contributed by atoms with Crippen molar-refractivity contribution in [1.82, 2.24) is 4.90 Å². The minimum absolute atomic E-state index is 0.00377. The molecule has 1 heterocycles. The Bertz CT molecular complexity index is 1250. The Morgan fingerprint density at radius 2 is 1.77 bits per heavy atom. The van der Waals surface area contributed by atoms with Crippen LogP contribution in [0.15, 0.2) is 78.4 Å². The molecule has 180 valence electrons. The summed E-state index contributed by atoms with van der Waals surface area (Å²) in [6, 6.07) is 18.8. The van der Waals surface area contributed by atoms with Crippen molar-refractivity contribution in [2.24, 2.45) is 0 Å². The lowest BCUT2D eigenvalue weighted by atomic mass is 9.95. The molecule has 4 rings (SSSR count). The summed E-state index contributed by atoms with van der Waals surface area (Å²) in [5.41, 5.74) is 1.86. The molecule has 0 saturated carbocycles. The summed E-state index contributed by atoms with van der Waals surface area (Å²) in [5.74, 6) is -1.52. The highest BCUT2D eigenvalue weighted by molar-refractivity contribution is 6.46. The number of aliphatic hydroxyl groups is 1. The number of hydrogen-bond acceptors (Lipinski definition) is 4. The van der Waals surface area contributed by atoms with Crippen molar-refractivity contribution in [3.63, 3.8) is 0 Å². The van der Waals surface area contributed by atoms with Crippen LogP contribution in [0.5, 0.6) is 5.75 Å². The first-order chi connectivity index (χ1) is 16.9. The van der Waals surface area contributed by atoms with Crippen LogP contribution in [-0.2, 0) is 16.0 Å². The predicted molar refractivity (Wildman–Crippen MR) is 133 cm³/mol. The minimum atomic E-state index is -0.798. The molecule has 1 amide bonds. The molecule has 0 radical (unpaired) electrons. The van der Waals surface area contributed by atoms with Gasteiger partial charge in [0.05, 0.1) is 18.2 Å². The molecule has 1 N–H and O–H groups in total.